The van der Waals surface area contributed by atoms with Crippen LogP contribution >= 0.6 is 15.9 Å². The summed E-state index contributed by atoms with van der Waals surface area (Å²) in [6.45, 7) is 3.53. The molecule has 3 aliphatic rings. The van der Waals surface area contributed by atoms with Gasteiger partial charge in [-0.25, -0.2) is 5.01 Å². The number of likely N-dealkylation sites (tertiary alicyclic amines) is 1. The van der Waals surface area contributed by atoms with Gasteiger partial charge in [0.25, 0.3) is 0 Å². The van der Waals surface area contributed by atoms with Gasteiger partial charge in [0.15, 0.2) is 0 Å². The van der Waals surface area contributed by atoms with Gasteiger partial charge in [-0.15, -0.1) is 0 Å². The van der Waals surface area contributed by atoms with Gasteiger partial charge < -0.3 is 14.4 Å². The van der Waals surface area contributed by atoms with Crippen LogP contribution in [0.25, 0.3) is 0 Å². The summed E-state index contributed by atoms with van der Waals surface area (Å²) in [6, 6.07) is 13.5. The van der Waals surface area contributed by atoms with Crippen molar-refractivity contribution in [3.05, 3.63) is 58.1 Å². The monoisotopic (exact) mass is 505 g/mol. The summed E-state index contributed by atoms with van der Waals surface area (Å²) < 4.78 is 37.2. The van der Waals surface area contributed by atoms with Crippen molar-refractivity contribution in [3.63, 3.8) is 0 Å². The summed E-state index contributed by atoms with van der Waals surface area (Å²) in [6.07, 6.45) is 2.47. The highest BCUT2D eigenvalue weighted by Crippen LogP contribution is 2.50. The molecule has 1 saturated heterocycles. The smallest absolute Gasteiger partial charge is 0.387 e. The second-order valence-electron chi connectivity index (χ2n) is 8.87. The Bertz CT molecular complexity index is 1020. The van der Waals surface area contributed by atoms with E-state index in [-0.39, 0.29) is 11.8 Å². The minimum Gasteiger partial charge on any atom is -0.466 e. The Morgan fingerprint density at radius 3 is 2.50 bits per heavy atom. The Morgan fingerprint density at radius 2 is 1.84 bits per heavy atom. The third-order valence-corrected chi connectivity index (χ3v) is 7.17. The highest BCUT2D eigenvalue weighted by atomic mass is 79.9. The van der Waals surface area contributed by atoms with Gasteiger partial charge in [-0.1, -0.05) is 15.9 Å². The molecule has 1 atom stereocenters. The van der Waals surface area contributed by atoms with E-state index in [4.69, 9.17) is 9.84 Å². The molecule has 1 fully saturated rings. The van der Waals surface area contributed by atoms with E-state index in [2.05, 4.69) is 50.5 Å². The number of halogens is 3. The maximum absolute atomic E-state index is 12.5. The minimum absolute atomic E-state index is 0.0776. The molecular weight excluding hydrogens is 480 g/mol. The standard InChI is InChI=1S/C24H26BrF2N3O2/c1-15(2)29-11-9-24(10-12-29)30-21(19-13-17(25)5-8-22(19)32-24)14-20(28-30)16-3-6-18(7-4-16)31-23(26)27/h3-8,13,15,21,23H,9-12,14H2,1-2H3/t21-/m0/s1. The summed E-state index contributed by atoms with van der Waals surface area (Å²) in [5.74, 6) is 1.07. The minimum atomic E-state index is -2.83. The van der Waals surface area contributed by atoms with Crippen LogP contribution in [-0.4, -0.2) is 47.1 Å². The summed E-state index contributed by atoms with van der Waals surface area (Å²) in [7, 11) is 0. The van der Waals surface area contributed by atoms with E-state index in [9.17, 15) is 8.78 Å². The van der Waals surface area contributed by atoms with E-state index >= 15 is 0 Å². The average Bonchev–Trinajstić information content (AvgIpc) is 3.22. The zero-order chi connectivity index (χ0) is 22.5. The Labute approximate surface area is 195 Å². The molecule has 0 radical (unpaired) electrons. The van der Waals surface area contributed by atoms with Crippen LogP contribution in [0.3, 0.4) is 0 Å². The lowest BCUT2D eigenvalue weighted by Crippen LogP contribution is -2.59. The molecule has 32 heavy (non-hydrogen) atoms. The van der Waals surface area contributed by atoms with E-state index in [1.54, 1.807) is 24.3 Å². The van der Waals surface area contributed by atoms with Gasteiger partial charge >= 0.3 is 6.61 Å². The molecule has 5 rings (SSSR count). The van der Waals surface area contributed by atoms with Crippen LogP contribution in [0.2, 0.25) is 0 Å². The Hall–Kier alpha value is -2.19. The maximum atomic E-state index is 12.5. The largest absolute Gasteiger partial charge is 0.466 e. The summed E-state index contributed by atoms with van der Waals surface area (Å²) in [5.41, 5.74) is 2.48. The van der Waals surface area contributed by atoms with E-state index < -0.39 is 12.3 Å². The van der Waals surface area contributed by atoms with Gasteiger partial charge in [0.2, 0.25) is 5.72 Å². The van der Waals surface area contributed by atoms with Gasteiger partial charge in [0.1, 0.15) is 11.5 Å². The maximum Gasteiger partial charge on any atom is 0.387 e. The van der Waals surface area contributed by atoms with Gasteiger partial charge in [-0.3, -0.25) is 0 Å². The molecule has 0 bridgehead atoms. The number of nitrogens with zero attached hydrogens (tertiary/aromatic N) is 3. The topological polar surface area (TPSA) is 37.3 Å². The summed E-state index contributed by atoms with van der Waals surface area (Å²) in [5, 5.41) is 7.21. The van der Waals surface area contributed by atoms with Crippen molar-refractivity contribution in [2.45, 2.75) is 57.5 Å². The number of hydrogen-bond donors (Lipinski definition) is 0. The molecule has 3 heterocycles. The second kappa shape index (κ2) is 8.30. The number of hydrazone groups is 1. The summed E-state index contributed by atoms with van der Waals surface area (Å²) in [4.78, 5) is 2.48. The number of hydrogen-bond acceptors (Lipinski definition) is 5. The van der Waals surface area contributed by atoms with Crippen LogP contribution in [0, 0.1) is 0 Å². The molecular formula is C24H26BrF2N3O2. The number of rotatable bonds is 4. The lowest BCUT2D eigenvalue weighted by Gasteiger charge is -2.51. The molecule has 0 aliphatic carbocycles. The number of benzene rings is 2. The fraction of sp³-hybridized carbons (Fsp3) is 0.458. The first-order chi connectivity index (χ1) is 15.3. The van der Waals surface area contributed by atoms with Crippen molar-refractivity contribution in [2.75, 3.05) is 13.1 Å². The van der Waals surface area contributed by atoms with Crippen LogP contribution in [0.4, 0.5) is 8.78 Å². The van der Waals surface area contributed by atoms with Crippen LogP contribution in [-0.2, 0) is 0 Å². The zero-order valence-electron chi connectivity index (χ0n) is 18.1. The van der Waals surface area contributed by atoms with Crippen molar-refractivity contribution in [1.82, 2.24) is 9.91 Å². The molecule has 1 spiro atoms. The predicted molar refractivity (Wildman–Crippen MR) is 122 cm³/mol. The number of alkyl halides is 2. The predicted octanol–water partition coefficient (Wildman–Crippen LogP) is 5.79. The van der Waals surface area contributed by atoms with Crippen molar-refractivity contribution >= 4 is 21.6 Å². The first-order valence-electron chi connectivity index (χ1n) is 11.0. The van der Waals surface area contributed by atoms with E-state index in [1.807, 2.05) is 12.1 Å². The van der Waals surface area contributed by atoms with E-state index in [0.717, 1.165) is 59.4 Å². The Morgan fingerprint density at radius 1 is 1.12 bits per heavy atom. The van der Waals surface area contributed by atoms with Crippen molar-refractivity contribution in [3.8, 4) is 11.5 Å². The fourth-order valence-corrected chi connectivity index (χ4v) is 5.36. The lowest BCUT2D eigenvalue weighted by atomic mass is 9.90. The van der Waals surface area contributed by atoms with Gasteiger partial charge in [0.05, 0.1) is 11.8 Å². The van der Waals surface area contributed by atoms with Gasteiger partial charge in [0, 0.05) is 48.4 Å². The molecule has 0 saturated carbocycles. The molecule has 5 nitrogen and oxygen atoms in total. The number of ether oxygens (including phenoxy) is 2. The normalized spacial score (nSPS) is 22.0. The third kappa shape index (κ3) is 3.88. The summed E-state index contributed by atoms with van der Waals surface area (Å²) >= 11 is 3.59. The van der Waals surface area contributed by atoms with Gasteiger partial charge in [-0.05, 0) is 61.9 Å². The first kappa shape index (κ1) is 21.6. The highest BCUT2D eigenvalue weighted by molar-refractivity contribution is 9.10. The molecule has 0 amide bonds. The molecule has 0 aromatic heterocycles. The number of fused-ring (bicyclic) bond motifs is 4. The van der Waals surface area contributed by atoms with Crippen molar-refractivity contribution < 1.29 is 18.3 Å². The van der Waals surface area contributed by atoms with Crippen molar-refractivity contribution in [2.24, 2.45) is 5.10 Å². The molecule has 0 N–H and O–H groups in total. The van der Waals surface area contributed by atoms with Crippen LogP contribution in [0.5, 0.6) is 11.5 Å². The lowest BCUT2D eigenvalue weighted by molar-refractivity contribution is -0.152. The Balaban J connectivity index is 1.48. The molecule has 8 heteroatoms. The second-order valence-corrected chi connectivity index (χ2v) is 9.79. The molecule has 0 unspecified atom stereocenters. The zero-order valence-corrected chi connectivity index (χ0v) is 19.7. The third-order valence-electron chi connectivity index (χ3n) is 6.68. The van der Waals surface area contributed by atoms with Crippen LogP contribution in [0.1, 0.15) is 50.3 Å². The molecule has 170 valence electrons. The van der Waals surface area contributed by atoms with Crippen LogP contribution in [0.15, 0.2) is 52.0 Å². The van der Waals surface area contributed by atoms with Crippen LogP contribution < -0.4 is 9.47 Å². The molecule has 2 aromatic carbocycles. The first-order valence-corrected chi connectivity index (χ1v) is 11.8. The van der Waals surface area contributed by atoms with E-state index in [1.165, 1.54) is 0 Å². The number of piperidine rings is 1. The highest BCUT2D eigenvalue weighted by Gasteiger charge is 2.52. The van der Waals surface area contributed by atoms with Crippen molar-refractivity contribution in [1.29, 1.82) is 0 Å². The molecule has 3 aliphatic heterocycles. The molecule has 2 aromatic rings. The van der Waals surface area contributed by atoms with E-state index in [0.29, 0.717) is 6.04 Å². The fourth-order valence-electron chi connectivity index (χ4n) is 4.98. The SMILES string of the molecule is CC(C)N1CCC2(CC1)Oc1ccc(Br)cc1[C@@H]1CC(c3ccc(OC(F)F)cc3)=NN12. The average molecular weight is 506 g/mol. The Kier molecular flexibility index (Phi) is 5.61. The van der Waals surface area contributed by atoms with Gasteiger partial charge in [-0.2, -0.15) is 13.9 Å². The quantitative estimate of drug-likeness (QED) is 0.526.